The van der Waals surface area contributed by atoms with E-state index in [1.54, 1.807) is 12.3 Å². The number of hydrogen-bond donors (Lipinski definition) is 3. The molecule has 2 aromatic rings. The number of ether oxygens (including phenoxy) is 1. The Morgan fingerprint density at radius 1 is 1.65 bits per heavy atom. The van der Waals surface area contributed by atoms with Crippen LogP contribution < -0.4 is 11.1 Å². The van der Waals surface area contributed by atoms with E-state index in [1.165, 1.54) is 7.11 Å². The van der Waals surface area contributed by atoms with Gasteiger partial charge in [0.2, 0.25) is 5.91 Å². The molecule has 1 aromatic carbocycles. The maximum atomic E-state index is 11.6. The first-order chi connectivity index (χ1) is 8.20. The van der Waals surface area contributed by atoms with Crippen molar-refractivity contribution in [1.82, 2.24) is 10.2 Å². The highest BCUT2D eigenvalue weighted by atomic mass is 16.5. The Labute approximate surface area is 98.1 Å². The summed E-state index contributed by atoms with van der Waals surface area (Å²) in [5.74, 6) is -0.269. The minimum absolute atomic E-state index is 0.194. The second-order valence-electron chi connectivity index (χ2n) is 3.72. The smallest absolute Gasteiger partial charge is 0.243 e. The molecule has 0 saturated heterocycles. The Balaban J connectivity index is 2.09. The van der Waals surface area contributed by atoms with Crippen LogP contribution in [-0.4, -0.2) is 35.9 Å². The van der Waals surface area contributed by atoms with Gasteiger partial charge in [-0.25, -0.2) is 0 Å². The van der Waals surface area contributed by atoms with E-state index in [-0.39, 0.29) is 12.5 Å². The van der Waals surface area contributed by atoms with Crippen LogP contribution in [0.3, 0.4) is 0 Å². The third kappa shape index (κ3) is 2.61. The van der Waals surface area contributed by atoms with Crippen LogP contribution in [0.25, 0.3) is 10.9 Å². The molecular formula is C11H14N4O2. The molecule has 0 spiro atoms. The van der Waals surface area contributed by atoms with Crippen molar-refractivity contribution >= 4 is 22.5 Å². The molecule has 90 valence electrons. The number of amides is 1. The summed E-state index contributed by atoms with van der Waals surface area (Å²) in [5, 5.41) is 10.4. The quantitative estimate of drug-likeness (QED) is 0.717. The Hall–Kier alpha value is -1.92. The Morgan fingerprint density at radius 2 is 2.47 bits per heavy atom. The van der Waals surface area contributed by atoms with E-state index in [0.29, 0.717) is 5.69 Å². The number of aromatic amines is 1. The van der Waals surface area contributed by atoms with Crippen molar-refractivity contribution in [2.75, 3.05) is 19.0 Å². The van der Waals surface area contributed by atoms with Gasteiger partial charge in [-0.05, 0) is 18.2 Å². The van der Waals surface area contributed by atoms with Crippen LogP contribution in [-0.2, 0) is 9.53 Å². The van der Waals surface area contributed by atoms with E-state index < -0.39 is 6.04 Å². The van der Waals surface area contributed by atoms with Crippen LogP contribution in [0.4, 0.5) is 5.69 Å². The molecule has 0 aliphatic rings. The highest BCUT2D eigenvalue weighted by molar-refractivity contribution is 5.96. The van der Waals surface area contributed by atoms with E-state index in [9.17, 15) is 4.79 Å². The van der Waals surface area contributed by atoms with Crippen LogP contribution in [0.15, 0.2) is 24.4 Å². The number of nitrogens with two attached hydrogens (primary N) is 1. The number of hydrogen-bond acceptors (Lipinski definition) is 4. The van der Waals surface area contributed by atoms with E-state index in [2.05, 4.69) is 15.5 Å². The van der Waals surface area contributed by atoms with Gasteiger partial charge in [-0.15, -0.1) is 0 Å². The first kappa shape index (κ1) is 11.6. The van der Waals surface area contributed by atoms with Crippen LogP contribution in [0, 0.1) is 0 Å². The van der Waals surface area contributed by atoms with Crippen LogP contribution in [0.2, 0.25) is 0 Å². The molecule has 6 nitrogen and oxygen atoms in total. The number of nitrogens with one attached hydrogen (secondary N) is 2. The average molecular weight is 234 g/mol. The van der Waals surface area contributed by atoms with Gasteiger partial charge in [0, 0.05) is 18.2 Å². The lowest BCUT2D eigenvalue weighted by molar-refractivity contribution is -0.118. The molecule has 1 unspecified atom stereocenters. The number of rotatable bonds is 4. The van der Waals surface area contributed by atoms with E-state index in [1.807, 2.05) is 12.1 Å². The summed E-state index contributed by atoms with van der Waals surface area (Å²) < 4.78 is 4.82. The largest absolute Gasteiger partial charge is 0.383 e. The maximum Gasteiger partial charge on any atom is 0.243 e. The number of benzene rings is 1. The number of nitrogens with zero attached hydrogens (tertiary/aromatic N) is 1. The summed E-state index contributed by atoms with van der Waals surface area (Å²) >= 11 is 0. The standard InChI is InChI=1S/C11H14N4O2/c1-17-6-9(12)11(16)14-8-2-3-10-7(4-8)5-13-15-10/h2-5,9H,6,12H2,1H3,(H,13,15)(H,14,16). The summed E-state index contributed by atoms with van der Waals surface area (Å²) in [6.07, 6.45) is 1.69. The second kappa shape index (κ2) is 4.94. The van der Waals surface area contributed by atoms with Crippen molar-refractivity contribution < 1.29 is 9.53 Å². The monoisotopic (exact) mass is 234 g/mol. The summed E-state index contributed by atoms with van der Waals surface area (Å²) in [5.41, 5.74) is 7.22. The molecule has 1 atom stereocenters. The van der Waals surface area contributed by atoms with Crippen molar-refractivity contribution in [2.24, 2.45) is 5.73 Å². The lowest BCUT2D eigenvalue weighted by Gasteiger charge is -2.11. The molecule has 0 aliphatic heterocycles. The minimum Gasteiger partial charge on any atom is -0.383 e. The molecule has 17 heavy (non-hydrogen) atoms. The molecule has 0 aliphatic carbocycles. The third-order valence-electron chi connectivity index (χ3n) is 2.39. The van der Waals surface area contributed by atoms with Crippen molar-refractivity contribution in [2.45, 2.75) is 6.04 Å². The molecule has 0 bridgehead atoms. The molecular weight excluding hydrogens is 220 g/mol. The van der Waals surface area contributed by atoms with Crippen molar-refractivity contribution in [3.05, 3.63) is 24.4 Å². The number of methoxy groups -OCH3 is 1. The zero-order chi connectivity index (χ0) is 12.3. The van der Waals surface area contributed by atoms with Gasteiger partial charge < -0.3 is 15.8 Å². The van der Waals surface area contributed by atoms with Gasteiger partial charge in [0.15, 0.2) is 0 Å². The first-order valence-electron chi connectivity index (χ1n) is 5.19. The van der Waals surface area contributed by atoms with Gasteiger partial charge in [-0.1, -0.05) is 0 Å². The van der Waals surface area contributed by atoms with Crippen molar-refractivity contribution in [3.8, 4) is 0 Å². The number of aromatic nitrogens is 2. The lowest BCUT2D eigenvalue weighted by Crippen LogP contribution is -2.39. The Bertz CT molecular complexity index is 523. The molecule has 0 saturated carbocycles. The predicted octanol–water partition coefficient (Wildman–Crippen LogP) is 0.475. The fourth-order valence-corrected chi connectivity index (χ4v) is 1.51. The Morgan fingerprint density at radius 3 is 3.24 bits per heavy atom. The molecule has 0 fully saturated rings. The summed E-state index contributed by atoms with van der Waals surface area (Å²) in [6.45, 7) is 0.194. The minimum atomic E-state index is -0.667. The van der Waals surface area contributed by atoms with Gasteiger partial charge in [0.1, 0.15) is 6.04 Å². The molecule has 6 heteroatoms. The van der Waals surface area contributed by atoms with Gasteiger partial charge in [0.25, 0.3) is 0 Å². The summed E-state index contributed by atoms with van der Waals surface area (Å²) in [6, 6.07) is 4.80. The number of fused-ring (bicyclic) bond motifs is 1. The fraction of sp³-hybridized carbons (Fsp3) is 0.273. The lowest BCUT2D eigenvalue weighted by atomic mass is 10.2. The molecule has 1 heterocycles. The van der Waals surface area contributed by atoms with Gasteiger partial charge in [0.05, 0.1) is 18.3 Å². The molecule has 4 N–H and O–H groups in total. The molecule has 1 aromatic heterocycles. The SMILES string of the molecule is COCC(N)C(=O)Nc1ccc2[nH]ncc2c1. The van der Waals surface area contributed by atoms with Gasteiger partial charge in [-0.3, -0.25) is 9.89 Å². The molecule has 1 amide bonds. The highest BCUT2D eigenvalue weighted by Gasteiger charge is 2.13. The number of anilines is 1. The van der Waals surface area contributed by atoms with Crippen molar-refractivity contribution in [3.63, 3.8) is 0 Å². The molecule has 2 rings (SSSR count). The topological polar surface area (TPSA) is 93.0 Å². The van der Waals surface area contributed by atoms with Crippen LogP contribution in [0.5, 0.6) is 0 Å². The Kier molecular flexibility index (Phi) is 3.36. The number of carbonyl (C=O) groups is 1. The van der Waals surface area contributed by atoms with Crippen LogP contribution >= 0.6 is 0 Å². The summed E-state index contributed by atoms with van der Waals surface area (Å²) in [4.78, 5) is 11.6. The zero-order valence-electron chi connectivity index (χ0n) is 9.43. The molecule has 0 radical (unpaired) electrons. The van der Waals surface area contributed by atoms with Crippen molar-refractivity contribution in [1.29, 1.82) is 0 Å². The summed E-state index contributed by atoms with van der Waals surface area (Å²) in [7, 11) is 1.50. The predicted molar refractivity (Wildman–Crippen MR) is 64.6 cm³/mol. The third-order valence-corrected chi connectivity index (χ3v) is 2.39. The maximum absolute atomic E-state index is 11.6. The highest BCUT2D eigenvalue weighted by Crippen LogP contribution is 2.16. The average Bonchev–Trinajstić information content (AvgIpc) is 2.76. The fourth-order valence-electron chi connectivity index (χ4n) is 1.51. The van der Waals surface area contributed by atoms with E-state index in [0.717, 1.165) is 10.9 Å². The second-order valence-corrected chi connectivity index (χ2v) is 3.72. The number of H-pyrrole nitrogens is 1. The van der Waals surface area contributed by atoms with Gasteiger partial charge in [-0.2, -0.15) is 5.10 Å². The van der Waals surface area contributed by atoms with E-state index in [4.69, 9.17) is 10.5 Å². The van der Waals surface area contributed by atoms with Gasteiger partial charge >= 0.3 is 0 Å². The normalized spacial score (nSPS) is 12.6. The number of carbonyl (C=O) groups excluding carboxylic acids is 1. The van der Waals surface area contributed by atoms with E-state index >= 15 is 0 Å². The first-order valence-corrected chi connectivity index (χ1v) is 5.19. The van der Waals surface area contributed by atoms with Crippen LogP contribution in [0.1, 0.15) is 0 Å². The zero-order valence-corrected chi connectivity index (χ0v) is 9.43.